The van der Waals surface area contributed by atoms with Crippen LogP contribution in [-0.4, -0.2) is 50.5 Å². The summed E-state index contributed by atoms with van der Waals surface area (Å²) in [6.07, 6.45) is 0.151. The van der Waals surface area contributed by atoms with Crippen molar-refractivity contribution in [3.8, 4) is 5.88 Å². The van der Waals surface area contributed by atoms with Crippen LogP contribution in [0, 0.1) is 0 Å². The van der Waals surface area contributed by atoms with Gasteiger partial charge in [-0.1, -0.05) is 0 Å². The Hall–Kier alpha value is -1.83. The van der Waals surface area contributed by atoms with Crippen LogP contribution in [0.25, 0.3) is 0 Å². The average molecular weight is 297 g/mol. The number of sulfone groups is 1. The Bertz CT molecular complexity index is 659. The molecule has 0 spiro atoms. The maximum absolute atomic E-state index is 11.9. The molecule has 1 N–H and O–H groups in total. The number of pyridine rings is 1. The first-order chi connectivity index (χ1) is 9.48. The molecule has 1 saturated heterocycles. The van der Waals surface area contributed by atoms with E-state index in [0.717, 1.165) is 0 Å². The van der Waals surface area contributed by atoms with Gasteiger partial charge in [-0.15, -0.1) is 0 Å². The van der Waals surface area contributed by atoms with Crippen molar-refractivity contribution in [2.45, 2.75) is 12.5 Å². The number of hydrogen-bond donors (Lipinski definition) is 1. The van der Waals surface area contributed by atoms with Crippen LogP contribution >= 0.6 is 0 Å². The molecule has 1 fully saturated rings. The monoisotopic (exact) mass is 297 g/mol. The average Bonchev–Trinajstić information content (AvgIpc) is 2.51. The second-order valence-electron chi connectivity index (χ2n) is 4.94. The van der Waals surface area contributed by atoms with Gasteiger partial charge in [0.05, 0.1) is 30.3 Å². The highest BCUT2D eigenvalue weighted by Gasteiger charge is 2.36. The predicted octanol–water partition coefficient (Wildman–Crippen LogP) is 0.0358. The van der Waals surface area contributed by atoms with Crippen LogP contribution in [0.3, 0.4) is 0 Å². The van der Waals surface area contributed by atoms with Gasteiger partial charge in [-0.2, -0.15) is 4.98 Å². The Balaban J connectivity index is 2.06. The first-order valence-electron chi connectivity index (χ1n) is 6.30. The van der Waals surface area contributed by atoms with E-state index < -0.39 is 9.84 Å². The third-order valence-corrected chi connectivity index (χ3v) is 5.25. The van der Waals surface area contributed by atoms with E-state index in [1.165, 1.54) is 7.11 Å². The highest BCUT2D eigenvalue weighted by Crippen LogP contribution is 2.33. The highest BCUT2D eigenvalue weighted by atomic mass is 32.2. The van der Waals surface area contributed by atoms with E-state index in [9.17, 15) is 13.2 Å². The SMILES string of the molecule is COc1ccc2c(n1)N1CCS(=O)(=O)CC1CC(=O)N2. The molecule has 1 unspecified atom stereocenters. The molecule has 0 bridgehead atoms. The summed E-state index contributed by atoms with van der Waals surface area (Å²) < 4.78 is 28.6. The van der Waals surface area contributed by atoms with E-state index in [1.807, 2.05) is 4.90 Å². The molecule has 108 valence electrons. The van der Waals surface area contributed by atoms with Crippen LogP contribution < -0.4 is 15.0 Å². The lowest BCUT2D eigenvalue weighted by atomic mass is 10.2. The minimum Gasteiger partial charge on any atom is -0.481 e. The molecule has 0 aliphatic carbocycles. The molecule has 1 aromatic heterocycles. The Morgan fingerprint density at radius 1 is 1.45 bits per heavy atom. The molecule has 20 heavy (non-hydrogen) atoms. The van der Waals surface area contributed by atoms with Crippen LogP contribution in [-0.2, 0) is 14.6 Å². The fraction of sp³-hybridized carbons (Fsp3) is 0.500. The maximum Gasteiger partial charge on any atom is 0.226 e. The first-order valence-corrected chi connectivity index (χ1v) is 8.12. The molecule has 0 radical (unpaired) electrons. The Morgan fingerprint density at radius 3 is 3.00 bits per heavy atom. The lowest BCUT2D eigenvalue weighted by Crippen LogP contribution is -2.49. The highest BCUT2D eigenvalue weighted by molar-refractivity contribution is 7.91. The molecule has 0 saturated carbocycles. The zero-order valence-electron chi connectivity index (χ0n) is 11.0. The maximum atomic E-state index is 11.9. The lowest BCUT2D eigenvalue weighted by Gasteiger charge is -2.34. The second-order valence-corrected chi connectivity index (χ2v) is 7.17. The minimum atomic E-state index is -3.09. The van der Waals surface area contributed by atoms with Crippen molar-refractivity contribution in [3.63, 3.8) is 0 Å². The van der Waals surface area contributed by atoms with E-state index in [-0.39, 0.29) is 29.9 Å². The van der Waals surface area contributed by atoms with Gasteiger partial charge in [-0.3, -0.25) is 4.79 Å². The predicted molar refractivity (Wildman–Crippen MR) is 73.8 cm³/mol. The van der Waals surface area contributed by atoms with E-state index in [4.69, 9.17) is 4.74 Å². The topological polar surface area (TPSA) is 88.6 Å². The van der Waals surface area contributed by atoms with Gasteiger partial charge < -0.3 is 15.0 Å². The van der Waals surface area contributed by atoms with Gasteiger partial charge in [0.2, 0.25) is 11.8 Å². The van der Waals surface area contributed by atoms with Gasteiger partial charge in [0.1, 0.15) is 0 Å². The molecule has 0 aromatic carbocycles. The quantitative estimate of drug-likeness (QED) is 0.787. The third-order valence-electron chi connectivity index (χ3n) is 3.56. The zero-order chi connectivity index (χ0) is 14.3. The van der Waals surface area contributed by atoms with Gasteiger partial charge in [0, 0.05) is 19.0 Å². The lowest BCUT2D eigenvalue weighted by molar-refractivity contribution is -0.116. The van der Waals surface area contributed by atoms with E-state index in [2.05, 4.69) is 10.3 Å². The van der Waals surface area contributed by atoms with Gasteiger partial charge in [0.25, 0.3) is 0 Å². The molecule has 2 aliphatic rings. The summed E-state index contributed by atoms with van der Waals surface area (Å²) in [5.74, 6) is 0.888. The largest absolute Gasteiger partial charge is 0.481 e. The van der Waals surface area contributed by atoms with Crippen molar-refractivity contribution in [3.05, 3.63) is 12.1 Å². The summed E-state index contributed by atoms with van der Waals surface area (Å²) in [4.78, 5) is 18.1. The number of nitrogens with zero attached hydrogens (tertiary/aromatic N) is 2. The van der Waals surface area contributed by atoms with Crippen LogP contribution in [0.1, 0.15) is 6.42 Å². The molecule has 1 atom stereocenters. The molecule has 1 amide bonds. The van der Waals surface area contributed by atoms with Crippen molar-refractivity contribution in [1.82, 2.24) is 4.98 Å². The Morgan fingerprint density at radius 2 is 2.25 bits per heavy atom. The Kier molecular flexibility index (Phi) is 3.04. The van der Waals surface area contributed by atoms with Crippen molar-refractivity contribution >= 4 is 27.2 Å². The third kappa shape index (κ3) is 2.31. The number of rotatable bonds is 1. The number of hydrogen-bond acceptors (Lipinski definition) is 6. The zero-order valence-corrected chi connectivity index (χ0v) is 11.8. The van der Waals surface area contributed by atoms with Crippen molar-refractivity contribution in [1.29, 1.82) is 0 Å². The van der Waals surface area contributed by atoms with Crippen molar-refractivity contribution < 1.29 is 17.9 Å². The number of carbonyl (C=O) groups is 1. The summed E-state index contributed by atoms with van der Waals surface area (Å²) in [5.41, 5.74) is 0.595. The van der Waals surface area contributed by atoms with Gasteiger partial charge in [0.15, 0.2) is 15.7 Å². The smallest absolute Gasteiger partial charge is 0.226 e. The fourth-order valence-electron chi connectivity index (χ4n) is 2.61. The molecular weight excluding hydrogens is 282 g/mol. The molecule has 7 nitrogen and oxygen atoms in total. The normalized spacial score (nSPS) is 24.1. The molecular formula is C12H15N3O4S. The van der Waals surface area contributed by atoms with E-state index in [0.29, 0.717) is 23.9 Å². The number of anilines is 2. The standard InChI is InChI=1S/C12H15N3O4S/c1-19-11-3-2-9-12(14-11)15-4-5-20(17,18)7-8(15)6-10(16)13-9/h2-3,8H,4-7H2,1H3,(H,13,16). The fourth-order valence-corrected chi connectivity index (χ4v) is 4.14. The van der Waals surface area contributed by atoms with Crippen LogP contribution in [0.4, 0.5) is 11.5 Å². The van der Waals surface area contributed by atoms with Gasteiger partial charge in [-0.25, -0.2) is 8.42 Å². The summed E-state index contributed by atoms with van der Waals surface area (Å²) in [7, 11) is -1.58. The van der Waals surface area contributed by atoms with Gasteiger partial charge in [-0.05, 0) is 6.07 Å². The van der Waals surface area contributed by atoms with Crippen LogP contribution in [0.5, 0.6) is 5.88 Å². The number of fused-ring (bicyclic) bond motifs is 3. The van der Waals surface area contributed by atoms with Gasteiger partial charge >= 0.3 is 0 Å². The number of nitrogens with one attached hydrogen (secondary N) is 1. The minimum absolute atomic E-state index is 0.0151. The number of amides is 1. The molecule has 3 heterocycles. The number of aromatic nitrogens is 1. The van der Waals surface area contributed by atoms with E-state index in [1.54, 1.807) is 12.1 Å². The molecule has 1 aromatic rings. The van der Waals surface area contributed by atoms with Crippen LogP contribution in [0.15, 0.2) is 12.1 Å². The Labute approximate surface area is 116 Å². The van der Waals surface area contributed by atoms with E-state index >= 15 is 0 Å². The number of ether oxygens (including phenoxy) is 1. The summed E-state index contributed by atoms with van der Waals surface area (Å²) in [6, 6.07) is 3.03. The first kappa shape index (κ1) is 13.2. The summed E-state index contributed by atoms with van der Waals surface area (Å²) >= 11 is 0. The summed E-state index contributed by atoms with van der Waals surface area (Å²) in [6.45, 7) is 0.342. The molecule has 3 rings (SSSR count). The van der Waals surface area contributed by atoms with Crippen LogP contribution in [0.2, 0.25) is 0 Å². The summed E-state index contributed by atoms with van der Waals surface area (Å²) in [5, 5.41) is 2.76. The number of carbonyl (C=O) groups excluding carboxylic acids is 1. The van der Waals surface area contributed by atoms with Crippen molar-refractivity contribution in [2.75, 3.05) is 35.4 Å². The second kappa shape index (κ2) is 4.62. The van der Waals surface area contributed by atoms with Crippen molar-refractivity contribution in [2.24, 2.45) is 0 Å². The molecule has 8 heteroatoms. The number of methoxy groups -OCH3 is 1. The molecule has 2 aliphatic heterocycles.